The summed E-state index contributed by atoms with van der Waals surface area (Å²) in [5.41, 5.74) is -0.165. The highest BCUT2D eigenvalue weighted by molar-refractivity contribution is 7.92. The van der Waals surface area contributed by atoms with Gasteiger partial charge in [0.2, 0.25) is 0 Å². The molecule has 0 aliphatic rings. The van der Waals surface area contributed by atoms with Crippen molar-refractivity contribution in [3.63, 3.8) is 0 Å². The zero-order chi connectivity index (χ0) is 15.6. The van der Waals surface area contributed by atoms with Gasteiger partial charge >= 0.3 is 5.97 Å². The van der Waals surface area contributed by atoms with Gasteiger partial charge in [-0.1, -0.05) is 17.7 Å². The number of carbonyl (C=O) groups is 1. The molecule has 21 heavy (non-hydrogen) atoms. The number of hydrogen-bond acceptors (Lipinski definition) is 3. The van der Waals surface area contributed by atoms with E-state index in [9.17, 15) is 17.6 Å². The molecule has 2 rings (SSSR count). The van der Waals surface area contributed by atoms with Crippen molar-refractivity contribution in [2.45, 2.75) is 4.90 Å². The molecule has 0 radical (unpaired) electrons. The molecule has 0 bridgehead atoms. The molecule has 0 saturated carbocycles. The predicted octanol–water partition coefficient (Wildman–Crippen LogP) is 2.98. The number of benzene rings is 2. The second-order valence-electron chi connectivity index (χ2n) is 4.06. The van der Waals surface area contributed by atoms with Gasteiger partial charge in [0.15, 0.2) is 0 Å². The third kappa shape index (κ3) is 3.50. The summed E-state index contributed by atoms with van der Waals surface area (Å²) in [5, 5.41) is 8.76. The van der Waals surface area contributed by atoms with Crippen molar-refractivity contribution in [1.29, 1.82) is 0 Å². The molecule has 2 aromatic carbocycles. The van der Waals surface area contributed by atoms with Crippen LogP contribution >= 0.6 is 11.6 Å². The summed E-state index contributed by atoms with van der Waals surface area (Å²) in [7, 11) is -4.02. The van der Waals surface area contributed by atoms with Crippen LogP contribution in [0.2, 0.25) is 5.02 Å². The molecule has 2 N–H and O–H groups in total. The Morgan fingerprint density at radius 3 is 2.52 bits per heavy atom. The van der Waals surface area contributed by atoms with Gasteiger partial charge in [0.05, 0.1) is 21.2 Å². The highest BCUT2D eigenvalue weighted by Crippen LogP contribution is 2.25. The topological polar surface area (TPSA) is 83.5 Å². The zero-order valence-electron chi connectivity index (χ0n) is 10.4. The lowest BCUT2D eigenvalue weighted by Crippen LogP contribution is -2.14. The molecule has 8 heteroatoms. The number of rotatable bonds is 4. The maximum absolute atomic E-state index is 12.9. The monoisotopic (exact) mass is 329 g/mol. The first-order valence-electron chi connectivity index (χ1n) is 5.61. The van der Waals surface area contributed by atoms with Crippen molar-refractivity contribution in [3.05, 3.63) is 58.9 Å². The Hall–Kier alpha value is -2.12. The molecular weight excluding hydrogens is 321 g/mol. The fourth-order valence-corrected chi connectivity index (χ4v) is 2.97. The van der Waals surface area contributed by atoms with Crippen molar-refractivity contribution >= 4 is 33.3 Å². The summed E-state index contributed by atoms with van der Waals surface area (Å²) < 4.78 is 39.4. The third-order valence-corrected chi connectivity index (χ3v) is 4.24. The molecule has 0 aromatic heterocycles. The molecule has 0 aliphatic carbocycles. The number of carboxylic acid groups (broad SMARTS) is 1. The number of halogens is 2. The second-order valence-corrected chi connectivity index (χ2v) is 6.15. The minimum atomic E-state index is -4.02. The molecule has 0 aliphatic heterocycles. The van der Waals surface area contributed by atoms with E-state index in [1.807, 2.05) is 0 Å². The van der Waals surface area contributed by atoms with Crippen molar-refractivity contribution in [2.75, 3.05) is 4.72 Å². The van der Waals surface area contributed by atoms with E-state index >= 15 is 0 Å². The average Bonchev–Trinajstić information content (AvgIpc) is 2.42. The first-order chi connectivity index (χ1) is 9.79. The summed E-state index contributed by atoms with van der Waals surface area (Å²) in [6.45, 7) is 0. The van der Waals surface area contributed by atoms with Gasteiger partial charge in [0.25, 0.3) is 10.0 Å². The van der Waals surface area contributed by atoms with Gasteiger partial charge in [-0.15, -0.1) is 0 Å². The fourth-order valence-electron chi connectivity index (χ4n) is 1.57. The highest BCUT2D eigenvalue weighted by Gasteiger charge is 2.17. The zero-order valence-corrected chi connectivity index (χ0v) is 12.0. The van der Waals surface area contributed by atoms with E-state index in [0.717, 1.165) is 18.2 Å². The number of nitrogens with one attached hydrogen (secondary N) is 1. The van der Waals surface area contributed by atoms with Crippen LogP contribution in [0.4, 0.5) is 10.1 Å². The van der Waals surface area contributed by atoms with Gasteiger partial charge in [-0.3, -0.25) is 4.72 Å². The molecule has 0 spiro atoms. The minimum absolute atomic E-state index is 0.00112. The third-order valence-electron chi connectivity index (χ3n) is 2.57. The van der Waals surface area contributed by atoms with Crippen LogP contribution in [0, 0.1) is 5.82 Å². The van der Waals surface area contributed by atoms with Crippen LogP contribution < -0.4 is 4.72 Å². The van der Waals surface area contributed by atoms with E-state index in [-0.39, 0.29) is 21.2 Å². The fraction of sp³-hybridized carbons (Fsp3) is 0. The van der Waals surface area contributed by atoms with Crippen LogP contribution in [0.1, 0.15) is 10.4 Å². The summed E-state index contributed by atoms with van der Waals surface area (Å²) in [6.07, 6.45) is 0. The maximum atomic E-state index is 12.9. The lowest BCUT2D eigenvalue weighted by Gasteiger charge is -2.10. The number of sulfonamides is 1. The van der Waals surface area contributed by atoms with Crippen molar-refractivity contribution < 1.29 is 22.7 Å². The Morgan fingerprint density at radius 1 is 1.19 bits per heavy atom. The summed E-state index contributed by atoms with van der Waals surface area (Å²) >= 11 is 5.74. The molecule has 0 unspecified atom stereocenters. The quantitative estimate of drug-likeness (QED) is 0.903. The largest absolute Gasteiger partial charge is 0.478 e. The average molecular weight is 330 g/mol. The second kappa shape index (κ2) is 5.71. The first-order valence-corrected chi connectivity index (χ1v) is 7.47. The lowest BCUT2D eigenvalue weighted by molar-refractivity contribution is 0.0696. The van der Waals surface area contributed by atoms with Gasteiger partial charge in [-0.2, -0.15) is 0 Å². The van der Waals surface area contributed by atoms with Gasteiger partial charge < -0.3 is 5.11 Å². The Labute approximate surface area is 125 Å². The molecule has 0 heterocycles. The van der Waals surface area contributed by atoms with E-state index in [1.54, 1.807) is 0 Å². The summed E-state index contributed by atoms with van der Waals surface area (Å²) in [6, 6.07) is 8.03. The molecule has 0 saturated heterocycles. The normalized spacial score (nSPS) is 11.1. The van der Waals surface area contributed by atoms with Crippen molar-refractivity contribution in [2.24, 2.45) is 0 Å². The van der Waals surface area contributed by atoms with E-state index in [2.05, 4.69) is 4.72 Å². The van der Waals surface area contributed by atoms with E-state index in [1.165, 1.54) is 24.3 Å². The minimum Gasteiger partial charge on any atom is -0.478 e. The van der Waals surface area contributed by atoms with Gasteiger partial charge in [0, 0.05) is 0 Å². The van der Waals surface area contributed by atoms with Gasteiger partial charge in [0.1, 0.15) is 5.82 Å². The first kappa shape index (κ1) is 15.3. The molecule has 0 fully saturated rings. The highest BCUT2D eigenvalue weighted by atomic mass is 35.5. The molecule has 5 nitrogen and oxygen atoms in total. The van der Waals surface area contributed by atoms with E-state index in [4.69, 9.17) is 16.7 Å². The maximum Gasteiger partial charge on any atom is 0.335 e. The van der Waals surface area contributed by atoms with Gasteiger partial charge in [-0.05, 0) is 36.4 Å². The van der Waals surface area contributed by atoms with Crippen LogP contribution in [-0.2, 0) is 10.0 Å². The number of anilines is 1. The Bertz CT molecular complexity index is 808. The van der Waals surface area contributed by atoms with Crippen molar-refractivity contribution in [3.8, 4) is 0 Å². The summed E-state index contributed by atoms with van der Waals surface area (Å²) in [4.78, 5) is 10.6. The summed E-state index contributed by atoms with van der Waals surface area (Å²) in [5.74, 6) is -1.84. The number of aromatic carboxylic acids is 1. The molecule has 0 amide bonds. The van der Waals surface area contributed by atoms with Gasteiger partial charge in [-0.25, -0.2) is 17.6 Å². The standard InChI is InChI=1S/C13H9ClFNO4S/c14-11-7-9(15)4-5-12(11)16-21(19,20)10-3-1-2-8(6-10)13(17)18/h1-7,16H,(H,17,18). The van der Waals surface area contributed by atoms with E-state index < -0.39 is 21.8 Å². The van der Waals surface area contributed by atoms with Crippen LogP contribution in [0.15, 0.2) is 47.4 Å². The van der Waals surface area contributed by atoms with Crippen LogP contribution in [0.3, 0.4) is 0 Å². The molecular formula is C13H9ClFNO4S. The molecule has 0 atom stereocenters. The smallest absolute Gasteiger partial charge is 0.335 e. The molecule has 110 valence electrons. The Morgan fingerprint density at radius 2 is 1.90 bits per heavy atom. The van der Waals surface area contributed by atoms with Crippen molar-refractivity contribution in [1.82, 2.24) is 0 Å². The van der Waals surface area contributed by atoms with Crippen LogP contribution in [-0.4, -0.2) is 19.5 Å². The van der Waals surface area contributed by atoms with Crippen LogP contribution in [0.25, 0.3) is 0 Å². The SMILES string of the molecule is O=C(O)c1cccc(S(=O)(=O)Nc2ccc(F)cc2Cl)c1. The predicted molar refractivity (Wildman–Crippen MR) is 75.6 cm³/mol. The Balaban J connectivity index is 2.38. The Kier molecular flexibility index (Phi) is 4.15. The van der Waals surface area contributed by atoms with E-state index in [0.29, 0.717) is 0 Å². The number of carboxylic acids is 1. The molecule has 2 aromatic rings. The van der Waals surface area contributed by atoms with Crippen LogP contribution in [0.5, 0.6) is 0 Å². The number of hydrogen-bond donors (Lipinski definition) is 2. The lowest BCUT2D eigenvalue weighted by atomic mass is 10.2.